The van der Waals surface area contributed by atoms with Crippen molar-refractivity contribution in [3.63, 3.8) is 0 Å². The molecule has 3 aromatic carbocycles. The highest BCUT2D eigenvalue weighted by molar-refractivity contribution is 7.89. The molecule has 174 valence electrons. The third kappa shape index (κ3) is 5.94. The molecule has 0 aliphatic carbocycles. The summed E-state index contributed by atoms with van der Waals surface area (Å²) in [4.78, 5) is 12.9. The number of halogens is 2. The quantitative estimate of drug-likeness (QED) is 0.514. The van der Waals surface area contributed by atoms with Crippen molar-refractivity contribution in [2.45, 2.75) is 24.9 Å². The van der Waals surface area contributed by atoms with Gasteiger partial charge in [0.15, 0.2) is 0 Å². The van der Waals surface area contributed by atoms with Crippen LogP contribution in [0.5, 0.6) is 5.75 Å². The maximum absolute atomic E-state index is 12.9. The first-order chi connectivity index (χ1) is 15.6. The van der Waals surface area contributed by atoms with Crippen LogP contribution in [0.1, 0.15) is 27.0 Å². The van der Waals surface area contributed by atoms with E-state index in [0.717, 1.165) is 9.87 Å². The molecule has 0 fully saturated rings. The Bertz CT molecular complexity index is 1250. The number of anilines is 1. The summed E-state index contributed by atoms with van der Waals surface area (Å²) in [6, 6.07) is 18.0. The van der Waals surface area contributed by atoms with Gasteiger partial charge in [0.1, 0.15) is 5.75 Å². The maximum atomic E-state index is 12.9. The SMILES string of the molecule is Cc1ccc(S(=O)(=O)N(C)C)cc1C(=O)Nc1ccc(OC(F)F)c(Cc2ccccc2)c1. The summed E-state index contributed by atoms with van der Waals surface area (Å²) in [7, 11) is -0.897. The number of aryl methyl sites for hydroxylation is 1. The van der Waals surface area contributed by atoms with Gasteiger partial charge in [-0.05, 0) is 48.4 Å². The van der Waals surface area contributed by atoms with Crippen LogP contribution in [0.15, 0.2) is 71.6 Å². The summed E-state index contributed by atoms with van der Waals surface area (Å²) in [5.74, 6) is -0.501. The normalized spacial score (nSPS) is 11.6. The number of hydrogen-bond donors (Lipinski definition) is 1. The molecule has 0 aromatic heterocycles. The first-order valence-corrected chi connectivity index (χ1v) is 11.5. The Morgan fingerprint density at radius 1 is 1.03 bits per heavy atom. The smallest absolute Gasteiger partial charge is 0.387 e. The predicted molar refractivity (Wildman–Crippen MR) is 122 cm³/mol. The minimum Gasteiger partial charge on any atom is -0.435 e. The van der Waals surface area contributed by atoms with Crippen LogP contribution in [-0.4, -0.2) is 39.3 Å². The summed E-state index contributed by atoms with van der Waals surface area (Å²) in [5, 5.41) is 2.72. The molecular formula is C24H24F2N2O4S. The third-order valence-corrected chi connectivity index (χ3v) is 6.82. The van der Waals surface area contributed by atoms with Crippen molar-refractivity contribution in [1.29, 1.82) is 0 Å². The molecule has 0 aliphatic rings. The van der Waals surface area contributed by atoms with Crippen LogP contribution >= 0.6 is 0 Å². The molecule has 0 atom stereocenters. The average molecular weight is 475 g/mol. The maximum Gasteiger partial charge on any atom is 0.387 e. The fourth-order valence-electron chi connectivity index (χ4n) is 3.24. The topological polar surface area (TPSA) is 75.7 Å². The summed E-state index contributed by atoms with van der Waals surface area (Å²) in [6.07, 6.45) is 0.322. The number of benzene rings is 3. The van der Waals surface area contributed by atoms with Gasteiger partial charge in [-0.2, -0.15) is 8.78 Å². The van der Waals surface area contributed by atoms with E-state index >= 15 is 0 Å². The first-order valence-electron chi connectivity index (χ1n) is 10.0. The highest BCUT2D eigenvalue weighted by atomic mass is 32.2. The largest absolute Gasteiger partial charge is 0.435 e. The lowest BCUT2D eigenvalue weighted by Crippen LogP contribution is -2.23. The number of hydrogen-bond acceptors (Lipinski definition) is 4. The summed E-state index contributed by atoms with van der Waals surface area (Å²) in [6.45, 7) is -1.29. The second-order valence-corrected chi connectivity index (χ2v) is 9.73. The molecule has 9 heteroatoms. The Hall–Kier alpha value is -3.30. The Morgan fingerprint density at radius 3 is 2.36 bits per heavy atom. The van der Waals surface area contributed by atoms with Crippen LogP contribution in [0, 0.1) is 6.92 Å². The fraction of sp³-hybridized carbons (Fsp3) is 0.208. The second-order valence-electron chi connectivity index (χ2n) is 7.58. The van der Waals surface area contributed by atoms with Gasteiger partial charge in [0, 0.05) is 37.3 Å². The van der Waals surface area contributed by atoms with E-state index in [1.54, 1.807) is 19.1 Å². The van der Waals surface area contributed by atoms with E-state index in [1.165, 1.54) is 38.4 Å². The predicted octanol–water partition coefficient (Wildman–Crippen LogP) is 4.69. The van der Waals surface area contributed by atoms with Gasteiger partial charge in [0.25, 0.3) is 5.91 Å². The van der Waals surface area contributed by atoms with E-state index in [-0.39, 0.29) is 16.2 Å². The highest BCUT2D eigenvalue weighted by Crippen LogP contribution is 2.28. The van der Waals surface area contributed by atoms with E-state index in [2.05, 4.69) is 10.1 Å². The molecule has 3 aromatic rings. The average Bonchev–Trinajstić information content (AvgIpc) is 2.76. The van der Waals surface area contributed by atoms with E-state index in [1.807, 2.05) is 30.3 Å². The molecular weight excluding hydrogens is 450 g/mol. The van der Waals surface area contributed by atoms with Crippen molar-refractivity contribution in [2.24, 2.45) is 0 Å². The lowest BCUT2D eigenvalue weighted by atomic mass is 10.0. The molecule has 6 nitrogen and oxygen atoms in total. The number of sulfonamides is 1. The van der Waals surface area contributed by atoms with E-state index in [0.29, 0.717) is 23.2 Å². The van der Waals surface area contributed by atoms with Crippen molar-refractivity contribution in [2.75, 3.05) is 19.4 Å². The highest BCUT2D eigenvalue weighted by Gasteiger charge is 2.20. The monoisotopic (exact) mass is 474 g/mol. The number of nitrogens with zero attached hydrogens (tertiary/aromatic N) is 1. The molecule has 1 amide bonds. The zero-order valence-corrected chi connectivity index (χ0v) is 19.2. The summed E-state index contributed by atoms with van der Waals surface area (Å²) >= 11 is 0. The number of alkyl halides is 2. The molecule has 33 heavy (non-hydrogen) atoms. The van der Waals surface area contributed by atoms with E-state index < -0.39 is 22.5 Å². The van der Waals surface area contributed by atoms with Crippen LogP contribution in [0.3, 0.4) is 0 Å². The molecule has 0 heterocycles. The molecule has 0 saturated heterocycles. The van der Waals surface area contributed by atoms with Gasteiger partial charge in [-0.25, -0.2) is 12.7 Å². The van der Waals surface area contributed by atoms with Crippen LogP contribution < -0.4 is 10.1 Å². The second kappa shape index (κ2) is 10.1. The minimum atomic E-state index is -3.72. The third-order valence-electron chi connectivity index (χ3n) is 5.00. The number of carbonyl (C=O) groups excluding carboxylic acids is 1. The lowest BCUT2D eigenvalue weighted by Gasteiger charge is -2.15. The molecule has 0 bridgehead atoms. The van der Waals surface area contributed by atoms with Crippen molar-refractivity contribution < 1.29 is 26.7 Å². The van der Waals surface area contributed by atoms with Crippen LogP contribution in [0.2, 0.25) is 0 Å². The number of amides is 1. The van der Waals surface area contributed by atoms with Crippen LogP contribution in [0.4, 0.5) is 14.5 Å². The molecule has 0 radical (unpaired) electrons. The van der Waals surface area contributed by atoms with Crippen LogP contribution in [0.25, 0.3) is 0 Å². The minimum absolute atomic E-state index is 0.00584. The van der Waals surface area contributed by atoms with E-state index in [4.69, 9.17) is 0 Å². The number of ether oxygens (including phenoxy) is 1. The number of nitrogens with one attached hydrogen (secondary N) is 1. The van der Waals surface area contributed by atoms with Gasteiger partial charge in [0.05, 0.1) is 4.90 Å². The van der Waals surface area contributed by atoms with Crippen LogP contribution in [-0.2, 0) is 16.4 Å². The lowest BCUT2D eigenvalue weighted by molar-refractivity contribution is -0.0503. The Morgan fingerprint density at radius 2 is 1.73 bits per heavy atom. The van der Waals surface area contributed by atoms with Gasteiger partial charge in [0.2, 0.25) is 10.0 Å². The standard InChI is InChI=1S/C24H24F2N2O4S/c1-16-9-11-20(33(30,31)28(2)3)15-21(16)23(29)27-19-10-12-22(32-24(25)26)18(14-19)13-17-7-5-4-6-8-17/h4-12,14-15,24H,13H2,1-3H3,(H,27,29). The van der Waals surface area contributed by atoms with Crippen molar-refractivity contribution in [3.8, 4) is 5.75 Å². The van der Waals surface area contributed by atoms with Gasteiger partial charge in [-0.3, -0.25) is 4.79 Å². The van der Waals surface area contributed by atoms with Gasteiger partial charge < -0.3 is 10.1 Å². The molecule has 1 N–H and O–H groups in total. The van der Waals surface area contributed by atoms with Crippen molar-refractivity contribution in [1.82, 2.24) is 4.31 Å². The number of rotatable bonds is 8. The molecule has 0 aliphatic heterocycles. The zero-order valence-electron chi connectivity index (χ0n) is 18.4. The van der Waals surface area contributed by atoms with Crippen molar-refractivity contribution in [3.05, 3.63) is 89.0 Å². The Balaban J connectivity index is 1.91. The van der Waals surface area contributed by atoms with Gasteiger partial charge in [-0.15, -0.1) is 0 Å². The van der Waals surface area contributed by atoms with Gasteiger partial charge >= 0.3 is 6.61 Å². The first kappa shape index (κ1) is 24.3. The molecule has 0 saturated carbocycles. The molecule has 3 rings (SSSR count). The molecule has 0 spiro atoms. The summed E-state index contributed by atoms with van der Waals surface area (Å²) in [5.41, 5.74) is 2.51. The Labute approximate surface area is 191 Å². The fourth-order valence-corrected chi connectivity index (χ4v) is 4.17. The zero-order chi connectivity index (χ0) is 24.2. The Kier molecular flexibility index (Phi) is 7.45. The van der Waals surface area contributed by atoms with Crippen molar-refractivity contribution >= 4 is 21.6 Å². The molecule has 0 unspecified atom stereocenters. The number of carbonyl (C=O) groups is 1. The summed E-state index contributed by atoms with van der Waals surface area (Å²) < 4.78 is 56.3. The van der Waals surface area contributed by atoms with E-state index in [9.17, 15) is 22.0 Å². The van der Waals surface area contributed by atoms with Gasteiger partial charge in [-0.1, -0.05) is 36.4 Å².